The minimum Gasteiger partial charge on any atom is -0.396 e. The summed E-state index contributed by atoms with van der Waals surface area (Å²) in [5, 5.41) is 19.9. The fourth-order valence-corrected chi connectivity index (χ4v) is 2.65. The van der Waals surface area contributed by atoms with Crippen LogP contribution in [0.3, 0.4) is 0 Å². The zero-order valence-electron chi connectivity index (χ0n) is 10.2. The Bertz CT molecular complexity index is 246. The van der Waals surface area contributed by atoms with E-state index in [4.69, 9.17) is 9.47 Å². The molecule has 1 saturated heterocycles. The molecule has 0 aromatic heterocycles. The Labute approximate surface area is 96.6 Å². The molecule has 0 atom stereocenters. The van der Waals surface area contributed by atoms with Crippen LogP contribution in [0.1, 0.15) is 39.5 Å². The lowest BCUT2D eigenvalue weighted by Crippen LogP contribution is -2.53. The van der Waals surface area contributed by atoms with Gasteiger partial charge in [-0.3, -0.25) is 0 Å². The highest BCUT2D eigenvalue weighted by atomic mass is 16.7. The van der Waals surface area contributed by atoms with Crippen LogP contribution in [-0.2, 0) is 9.47 Å². The molecular formula is C12H22O4. The fourth-order valence-electron chi connectivity index (χ4n) is 2.65. The Morgan fingerprint density at radius 3 is 2.00 bits per heavy atom. The normalized spacial score (nSPS) is 28.5. The number of aliphatic hydroxyl groups is 2. The van der Waals surface area contributed by atoms with Gasteiger partial charge in [-0.1, -0.05) is 13.8 Å². The predicted molar refractivity (Wildman–Crippen MR) is 58.9 cm³/mol. The van der Waals surface area contributed by atoms with E-state index in [9.17, 15) is 10.2 Å². The van der Waals surface area contributed by atoms with Crippen molar-refractivity contribution in [3.63, 3.8) is 0 Å². The number of aliphatic hydroxyl groups excluding tert-OH is 1. The fraction of sp³-hybridized carbons (Fsp3) is 1.00. The first-order valence-electron chi connectivity index (χ1n) is 6.04. The van der Waals surface area contributed by atoms with Gasteiger partial charge in [0, 0.05) is 18.3 Å². The number of hydrogen-bond donors (Lipinski definition) is 2. The molecular weight excluding hydrogens is 208 g/mol. The summed E-state index contributed by atoms with van der Waals surface area (Å²) in [6.45, 7) is 5.12. The molecule has 16 heavy (non-hydrogen) atoms. The van der Waals surface area contributed by atoms with E-state index < -0.39 is 16.8 Å². The maximum atomic E-state index is 10.6. The van der Waals surface area contributed by atoms with Crippen LogP contribution in [0.25, 0.3) is 0 Å². The highest BCUT2D eigenvalue weighted by Gasteiger charge is 2.51. The van der Waals surface area contributed by atoms with Crippen LogP contribution in [-0.4, -0.2) is 41.4 Å². The average molecular weight is 230 g/mol. The smallest absolute Gasteiger partial charge is 0.168 e. The quantitative estimate of drug-likeness (QED) is 0.744. The van der Waals surface area contributed by atoms with Gasteiger partial charge in [0.25, 0.3) is 0 Å². The molecule has 0 aromatic rings. The van der Waals surface area contributed by atoms with Gasteiger partial charge in [-0.15, -0.1) is 0 Å². The first-order chi connectivity index (χ1) is 7.43. The van der Waals surface area contributed by atoms with Crippen molar-refractivity contribution in [2.45, 2.75) is 50.9 Å². The maximum absolute atomic E-state index is 10.6. The number of hydrogen-bond acceptors (Lipinski definition) is 4. The molecule has 4 nitrogen and oxygen atoms in total. The molecule has 2 N–H and O–H groups in total. The van der Waals surface area contributed by atoms with E-state index in [1.54, 1.807) is 0 Å². The number of rotatable bonds is 2. The molecule has 0 unspecified atom stereocenters. The Balaban J connectivity index is 2.03. The lowest BCUT2D eigenvalue weighted by atomic mass is 9.66. The molecule has 2 rings (SSSR count). The molecule has 0 amide bonds. The van der Waals surface area contributed by atoms with Gasteiger partial charge >= 0.3 is 0 Å². The van der Waals surface area contributed by atoms with E-state index in [1.165, 1.54) is 0 Å². The summed E-state index contributed by atoms with van der Waals surface area (Å²) in [5.41, 5.74) is -1.27. The standard InChI is InChI=1S/C12H22O4/c1-10(2,9-13)11(14)3-5-12(6-4-11)15-7-8-16-12/h13-14H,3-9H2,1-2H3. The third-order valence-corrected chi connectivity index (χ3v) is 4.31. The van der Waals surface area contributed by atoms with Crippen molar-refractivity contribution in [3.8, 4) is 0 Å². The minimum absolute atomic E-state index is 0.00177. The van der Waals surface area contributed by atoms with Gasteiger partial charge in [0.05, 0.1) is 25.4 Å². The molecule has 1 aliphatic heterocycles. The predicted octanol–water partition coefficient (Wildman–Crippen LogP) is 1.05. The van der Waals surface area contributed by atoms with Crippen molar-refractivity contribution in [2.75, 3.05) is 19.8 Å². The van der Waals surface area contributed by atoms with Crippen molar-refractivity contribution < 1.29 is 19.7 Å². The monoisotopic (exact) mass is 230 g/mol. The van der Waals surface area contributed by atoms with E-state index in [0.717, 1.165) is 0 Å². The average Bonchev–Trinajstić information content (AvgIpc) is 2.72. The van der Waals surface area contributed by atoms with Gasteiger partial charge in [-0.2, -0.15) is 0 Å². The lowest BCUT2D eigenvalue weighted by Gasteiger charge is -2.48. The highest BCUT2D eigenvalue weighted by molar-refractivity contribution is 4.99. The van der Waals surface area contributed by atoms with Crippen LogP contribution in [0.5, 0.6) is 0 Å². The van der Waals surface area contributed by atoms with Gasteiger partial charge in [-0.05, 0) is 12.8 Å². The Kier molecular flexibility index (Phi) is 3.03. The third kappa shape index (κ3) is 1.88. The lowest BCUT2D eigenvalue weighted by molar-refractivity contribution is -0.222. The molecule has 4 heteroatoms. The molecule has 2 fully saturated rings. The minimum atomic E-state index is -0.803. The Morgan fingerprint density at radius 1 is 1.06 bits per heavy atom. The van der Waals surface area contributed by atoms with Gasteiger partial charge in [0.15, 0.2) is 5.79 Å². The summed E-state index contributed by atoms with van der Waals surface area (Å²) in [7, 11) is 0. The molecule has 1 spiro atoms. The van der Waals surface area contributed by atoms with E-state index >= 15 is 0 Å². The van der Waals surface area contributed by atoms with Crippen molar-refractivity contribution >= 4 is 0 Å². The molecule has 1 saturated carbocycles. The second kappa shape index (κ2) is 3.95. The third-order valence-electron chi connectivity index (χ3n) is 4.31. The summed E-state index contributed by atoms with van der Waals surface area (Å²) in [5.74, 6) is -0.447. The van der Waals surface area contributed by atoms with Gasteiger partial charge < -0.3 is 19.7 Å². The van der Waals surface area contributed by atoms with Crippen LogP contribution < -0.4 is 0 Å². The zero-order valence-corrected chi connectivity index (χ0v) is 10.2. The molecule has 0 radical (unpaired) electrons. The van der Waals surface area contributed by atoms with Gasteiger partial charge in [-0.25, -0.2) is 0 Å². The Morgan fingerprint density at radius 2 is 1.56 bits per heavy atom. The first-order valence-corrected chi connectivity index (χ1v) is 6.04. The van der Waals surface area contributed by atoms with Crippen molar-refractivity contribution in [1.29, 1.82) is 0 Å². The number of ether oxygens (including phenoxy) is 2. The maximum Gasteiger partial charge on any atom is 0.168 e. The molecule has 1 aliphatic carbocycles. The Hall–Kier alpha value is -0.160. The van der Waals surface area contributed by atoms with Gasteiger partial charge in [0.1, 0.15) is 0 Å². The molecule has 0 aromatic carbocycles. The van der Waals surface area contributed by atoms with E-state index in [2.05, 4.69) is 0 Å². The summed E-state index contributed by atoms with van der Waals surface area (Å²) in [6, 6.07) is 0. The van der Waals surface area contributed by atoms with E-state index in [-0.39, 0.29) is 6.61 Å². The second-order valence-corrected chi connectivity index (χ2v) is 5.68. The molecule has 2 aliphatic rings. The summed E-state index contributed by atoms with van der Waals surface area (Å²) >= 11 is 0. The van der Waals surface area contributed by atoms with Crippen LogP contribution >= 0.6 is 0 Å². The van der Waals surface area contributed by atoms with Crippen LogP contribution in [0.4, 0.5) is 0 Å². The van der Waals surface area contributed by atoms with Crippen molar-refractivity contribution in [3.05, 3.63) is 0 Å². The van der Waals surface area contributed by atoms with Crippen molar-refractivity contribution in [1.82, 2.24) is 0 Å². The summed E-state index contributed by atoms with van der Waals surface area (Å²) in [6.07, 6.45) is 2.68. The SMILES string of the molecule is CC(C)(CO)C1(O)CCC2(CC1)OCCO2. The summed E-state index contributed by atoms with van der Waals surface area (Å²) < 4.78 is 11.3. The molecule has 94 valence electrons. The van der Waals surface area contributed by atoms with Crippen LogP contribution in [0.2, 0.25) is 0 Å². The van der Waals surface area contributed by atoms with Crippen LogP contribution in [0, 0.1) is 5.41 Å². The van der Waals surface area contributed by atoms with E-state index in [1.807, 2.05) is 13.8 Å². The topological polar surface area (TPSA) is 58.9 Å². The highest BCUT2D eigenvalue weighted by Crippen LogP contribution is 2.47. The van der Waals surface area contributed by atoms with E-state index in [0.29, 0.717) is 38.9 Å². The molecule has 0 bridgehead atoms. The molecule has 1 heterocycles. The van der Waals surface area contributed by atoms with Crippen molar-refractivity contribution in [2.24, 2.45) is 5.41 Å². The zero-order chi connectivity index (χ0) is 11.9. The largest absolute Gasteiger partial charge is 0.396 e. The summed E-state index contributed by atoms with van der Waals surface area (Å²) in [4.78, 5) is 0. The van der Waals surface area contributed by atoms with Gasteiger partial charge in [0.2, 0.25) is 0 Å². The first kappa shape index (κ1) is 12.3. The van der Waals surface area contributed by atoms with Crippen LogP contribution in [0.15, 0.2) is 0 Å². The second-order valence-electron chi connectivity index (χ2n) is 5.68.